The van der Waals surface area contributed by atoms with Gasteiger partial charge in [-0.05, 0) is 51.4 Å². The summed E-state index contributed by atoms with van der Waals surface area (Å²) in [6.07, 6.45) is 15.9. The highest BCUT2D eigenvalue weighted by molar-refractivity contribution is 5.66. The molecule has 0 aliphatic carbocycles. The average Bonchev–Trinajstić information content (AvgIpc) is 2.45. The second kappa shape index (κ2) is 14.3. The summed E-state index contributed by atoms with van der Waals surface area (Å²) in [4.78, 5) is 10.6. The molecule has 2 heteroatoms. The molecule has 0 bridgehead atoms. The molecule has 2 nitrogen and oxygen atoms in total. The van der Waals surface area contributed by atoms with E-state index >= 15 is 0 Å². The Morgan fingerprint density at radius 1 is 0.875 bits per heavy atom. The third kappa shape index (κ3) is 14.5. The summed E-state index contributed by atoms with van der Waals surface area (Å²) >= 11 is 0. The summed E-state index contributed by atoms with van der Waals surface area (Å²) in [5.41, 5.74) is 2.87. The number of unbranched alkanes of at least 4 members (excludes halogenated alkanes) is 4. The molecule has 0 aliphatic heterocycles. The predicted molar refractivity (Wildman–Crippen MR) is 105 cm³/mol. The first kappa shape index (κ1) is 22.9. The fraction of sp³-hybridized carbons (Fsp3) is 0.773. The summed E-state index contributed by atoms with van der Waals surface area (Å²) in [6.45, 7) is 11.2. The number of allylic oxidation sites excluding steroid dienone is 4. The summed E-state index contributed by atoms with van der Waals surface area (Å²) in [5.74, 6) is 0.450. The standard InChI is InChI=1S/C22H40O2/c1-6-7-8-9-10-12-18(2)15-20(4)17-21(5)16-19(3)13-11-14-22(23)24/h15-16,18-19H,6-14,17H2,1-5H3,(H,23,24)/b20-15-,21-16+/t18-,19+/m0/s1. The Labute approximate surface area is 150 Å². The van der Waals surface area contributed by atoms with E-state index in [4.69, 9.17) is 5.11 Å². The summed E-state index contributed by atoms with van der Waals surface area (Å²) < 4.78 is 0. The molecule has 0 amide bonds. The molecule has 140 valence electrons. The Morgan fingerprint density at radius 3 is 1.88 bits per heavy atom. The summed E-state index contributed by atoms with van der Waals surface area (Å²) in [6, 6.07) is 0. The van der Waals surface area contributed by atoms with Gasteiger partial charge >= 0.3 is 5.97 Å². The highest BCUT2D eigenvalue weighted by Gasteiger charge is 2.04. The van der Waals surface area contributed by atoms with Gasteiger partial charge in [-0.1, -0.05) is 76.2 Å². The monoisotopic (exact) mass is 336 g/mol. The molecule has 0 unspecified atom stereocenters. The Kier molecular flexibility index (Phi) is 13.7. The maximum absolute atomic E-state index is 10.6. The van der Waals surface area contributed by atoms with Crippen molar-refractivity contribution >= 4 is 5.97 Å². The first-order chi connectivity index (χ1) is 11.3. The number of carbonyl (C=O) groups is 1. The van der Waals surface area contributed by atoms with Crippen LogP contribution in [0.2, 0.25) is 0 Å². The van der Waals surface area contributed by atoms with E-state index in [0.717, 1.165) is 19.3 Å². The van der Waals surface area contributed by atoms with Crippen LogP contribution in [0.3, 0.4) is 0 Å². The van der Waals surface area contributed by atoms with Crippen LogP contribution in [-0.2, 0) is 4.79 Å². The lowest BCUT2D eigenvalue weighted by Gasteiger charge is -2.11. The zero-order valence-corrected chi connectivity index (χ0v) is 16.7. The van der Waals surface area contributed by atoms with Crippen LogP contribution in [0.15, 0.2) is 23.3 Å². The second-order valence-electron chi connectivity index (χ2n) is 7.65. The smallest absolute Gasteiger partial charge is 0.303 e. The van der Waals surface area contributed by atoms with Crippen molar-refractivity contribution in [2.75, 3.05) is 0 Å². The fourth-order valence-corrected chi connectivity index (χ4v) is 3.34. The van der Waals surface area contributed by atoms with Crippen molar-refractivity contribution in [2.24, 2.45) is 11.8 Å². The van der Waals surface area contributed by atoms with E-state index in [2.05, 4.69) is 46.8 Å². The van der Waals surface area contributed by atoms with E-state index in [1.165, 1.54) is 49.7 Å². The average molecular weight is 337 g/mol. The molecule has 0 spiro atoms. The van der Waals surface area contributed by atoms with Gasteiger partial charge in [-0.15, -0.1) is 0 Å². The van der Waals surface area contributed by atoms with E-state index in [0.29, 0.717) is 11.8 Å². The van der Waals surface area contributed by atoms with Crippen LogP contribution in [0.1, 0.15) is 98.8 Å². The van der Waals surface area contributed by atoms with Crippen molar-refractivity contribution in [3.8, 4) is 0 Å². The summed E-state index contributed by atoms with van der Waals surface area (Å²) in [7, 11) is 0. The first-order valence-corrected chi connectivity index (χ1v) is 9.91. The maximum Gasteiger partial charge on any atom is 0.303 e. The molecular formula is C22H40O2. The Bertz CT molecular complexity index is 393. The minimum absolute atomic E-state index is 0.284. The number of aliphatic carboxylic acids is 1. The second-order valence-corrected chi connectivity index (χ2v) is 7.65. The van der Waals surface area contributed by atoms with E-state index in [9.17, 15) is 4.79 Å². The molecule has 24 heavy (non-hydrogen) atoms. The number of carboxylic acid groups (broad SMARTS) is 1. The molecule has 0 aromatic rings. The van der Waals surface area contributed by atoms with Gasteiger partial charge in [0.25, 0.3) is 0 Å². The predicted octanol–water partition coefficient (Wildman–Crippen LogP) is 7.16. The molecule has 0 rings (SSSR count). The number of rotatable bonds is 14. The lowest BCUT2D eigenvalue weighted by molar-refractivity contribution is -0.137. The van der Waals surface area contributed by atoms with E-state index in [1.54, 1.807) is 0 Å². The highest BCUT2D eigenvalue weighted by atomic mass is 16.4. The quantitative estimate of drug-likeness (QED) is 0.270. The maximum atomic E-state index is 10.6. The topological polar surface area (TPSA) is 37.3 Å². The van der Waals surface area contributed by atoms with Crippen LogP contribution in [0, 0.1) is 11.8 Å². The van der Waals surface area contributed by atoms with Crippen molar-refractivity contribution in [3.63, 3.8) is 0 Å². The van der Waals surface area contributed by atoms with Crippen molar-refractivity contribution in [1.82, 2.24) is 0 Å². The minimum Gasteiger partial charge on any atom is -0.481 e. The summed E-state index contributed by atoms with van der Waals surface area (Å²) in [5, 5.41) is 8.69. The molecule has 0 aromatic carbocycles. The number of hydrogen-bond donors (Lipinski definition) is 1. The minimum atomic E-state index is -0.689. The van der Waals surface area contributed by atoms with Gasteiger partial charge in [0.15, 0.2) is 0 Å². The van der Waals surface area contributed by atoms with Gasteiger partial charge in [-0.2, -0.15) is 0 Å². The fourth-order valence-electron chi connectivity index (χ4n) is 3.34. The highest BCUT2D eigenvalue weighted by Crippen LogP contribution is 2.19. The Hall–Kier alpha value is -1.05. The van der Waals surface area contributed by atoms with Gasteiger partial charge in [0.1, 0.15) is 0 Å². The lowest BCUT2D eigenvalue weighted by atomic mass is 9.95. The van der Waals surface area contributed by atoms with Gasteiger partial charge in [-0.3, -0.25) is 4.79 Å². The normalized spacial score (nSPS) is 15.4. The Morgan fingerprint density at radius 2 is 1.38 bits per heavy atom. The first-order valence-electron chi connectivity index (χ1n) is 9.91. The molecule has 0 saturated heterocycles. The lowest BCUT2D eigenvalue weighted by Crippen LogP contribution is -1.98. The van der Waals surface area contributed by atoms with Crippen LogP contribution in [0.5, 0.6) is 0 Å². The van der Waals surface area contributed by atoms with Crippen LogP contribution >= 0.6 is 0 Å². The molecule has 2 atom stereocenters. The van der Waals surface area contributed by atoms with Gasteiger partial charge in [0.2, 0.25) is 0 Å². The van der Waals surface area contributed by atoms with E-state index < -0.39 is 5.97 Å². The van der Waals surface area contributed by atoms with Crippen LogP contribution in [-0.4, -0.2) is 11.1 Å². The largest absolute Gasteiger partial charge is 0.481 e. The molecule has 0 aromatic heterocycles. The zero-order chi connectivity index (χ0) is 18.4. The molecule has 0 radical (unpaired) electrons. The molecule has 0 heterocycles. The van der Waals surface area contributed by atoms with Crippen LogP contribution < -0.4 is 0 Å². The third-order valence-corrected chi connectivity index (χ3v) is 4.51. The van der Waals surface area contributed by atoms with Gasteiger partial charge < -0.3 is 5.11 Å². The molecule has 0 aliphatic rings. The van der Waals surface area contributed by atoms with Gasteiger partial charge in [0.05, 0.1) is 0 Å². The molecular weight excluding hydrogens is 296 g/mol. The van der Waals surface area contributed by atoms with E-state index in [-0.39, 0.29) is 6.42 Å². The van der Waals surface area contributed by atoms with Gasteiger partial charge in [-0.25, -0.2) is 0 Å². The van der Waals surface area contributed by atoms with Crippen LogP contribution in [0.25, 0.3) is 0 Å². The molecule has 1 N–H and O–H groups in total. The van der Waals surface area contributed by atoms with Crippen molar-refractivity contribution in [1.29, 1.82) is 0 Å². The van der Waals surface area contributed by atoms with Gasteiger partial charge in [0, 0.05) is 6.42 Å². The molecule has 0 saturated carbocycles. The number of hydrogen-bond acceptors (Lipinski definition) is 1. The zero-order valence-electron chi connectivity index (χ0n) is 16.7. The Balaban J connectivity index is 4.10. The molecule has 0 fully saturated rings. The van der Waals surface area contributed by atoms with Crippen molar-refractivity contribution in [3.05, 3.63) is 23.3 Å². The van der Waals surface area contributed by atoms with E-state index in [1.807, 2.05) is 0 Å². The van der Waals surface area contributed by atoms with Crippen molar-refractivity contribution in [2.45, 2.75) is 98.8 Å². The third-order valence-electron chi connectivity index (χ3n) is 4.51. The SMILES string of the molecule is CCCCCCC[C@H](C)/C=C(/C)C/C(C)=C/[C@H](C)CCCC(=O)O. The van der Waals surface area contributed by atoms with Crippen molar-refractivity contribution < 1.29 is 9.90 Å². The number of carboxylic acids is 1. The van der Waals surface area contributed by atoms with Crippen LogP contribution in [0.4, 0.5) is 0 Å².